The van der Waals surface area contributed by atoms with Crippen LogP contribution < -0.4 is 29.4 Å². The molecule has 0 atom stereocenters. The van der Waals surface area contributed by atoms with Crippen molar-refractivity contribution in [3.63, 3.8) is 0 Å². The second-order valence-electron chi connectivity index (χ2n) is 6.72. The average Bonchev–Trinajstić information content (AvgIpc) is 2.81. The van der Waals surface area contributed by atoms with Crippen molar-refractivity contribution in [2.24, 2.45) is 0 Å². The molecule has 0 bridgehead atoms. The van der Waals surface area contributed by atoms with Crippen molar-refractivity contribution < 1.29 is 87.8 Å². The second-order valence-corrected chi connectivity index (χ2v) is 16.4. The SMILES string of the molecule is [O-]P([O-])([O-])=S(c1ccccc1)c1ccccc1.[O-]P([O-])([O-])=S(c1ccccc1)c1ccccc1.[Zn+2].[Zn+2].[Zn+2]. The fourth-order valence-electron chi connectivity index (χ4n) is 2.99. The summed E-state index contributed by atoms with van der Waals surface area (Å²) in [6.07, 6.45) is 0. The van der Waals surface area contributed by atoms with Crippen LogP contribution in [-0.2, 0) is 78.6 Å². The molecule has 0 heterocycles. The zero-order chi connectivity index (χ0) is 24.6. The minimum Gasteiger partial charge on any atom is -0.847 e. The molecule has 6 nitrogen and oxygen atoms in total. The first-order valence-corrected chi connectivity index (χ1v) is 16.7. The standard InChI is InChI=1S/2C12H10O3PS.3Zn/c2*13-16(14,15)17(11-7-3-1-4-8-11)12-9-5-2-6-10-12;;;/h2*1-10H;;;/q2*-3;3*+2. The van der Waals surface area contributed by atoms with Gasteiger partial charge in [0, 0.05) is 19.6 Å². The molecule has 4 rings (SSSR count). The van der Waals surface area contributed by atoms with Gasteiger partial charge in [0.05, 0.1) is 0 Å². The summed E-state index contributed by atoms with van der Waals surface area (Å²) in [6.45, 7) is -9.38. The largest absolute Gasteiger partial charge is 2.00 e. The maximum absolute atomic E-state index is 11.4. The zero-order valence-corrected chi connectivity index (χ0v) is 32.2. The summed E-state index contributed by atoms with van der Waals surface area (Å²) in [6, 6.07) is 34.3. The predicted molar refractivity (Wildman–Crippen MR) is 127 cm³/mol. The smallest absolute Gasteiger partial charge is 0.847 e. The van der Waals surface area contributed by atoms with E-state index < -0.39 is 33.6 Å². The predicted octanol–water partition coefficient (Wildman–Crippen LogP) is 0.955. The summed E-state index contributed by atoms with van der Waals surface area (Å²) in [5.41, 5.74) is 0. The van der Waals surface area contributed by atoms with E-state index in [2.05, 4.69) is 0 Å². The number of hydrogen-bond donors (Lipinski definition) is 0. The van der Waals surface area contributed by atoms with Gasteiger partial charge < -0.3 is 42.8 Å². The Morgan fingerprint density at radius 2 is 0.486 bits per heavy atom. The molecule has 0 aliphatic heterocycles. The van der Waals surface area contributed by atoms with Gasteiger partial charge in [0.2, 0.25) is 0 Å². The molecule has 0 aromatic heterocycles. The molecule has 0 fully saturated rings. The Balaban J connectivity index is 0.000000648. The van der Waals surface area contributed by atoms with Crippen LogP contribution in [0.2, 0.25) is 0 Å². The first-order valence-electron chi connectivity index (χ1n) is 9.92. The molecule has 0 saturated heterocycles. The third-order valence-corrected chi connectivity index (χ3v) is 13.3. The van der Waals surface area contributed by atoms with Crippen molar-refractivity contribution in [1.29, 1.82) is 0 Å². The van der Waals surface area contributed by atoms with Crippen molar-refractivity contribution in [3.8, 4) is 0 Å². The first kappa shape index (κ1) is 37.1. The van der Waals surface area contributed by atoms with Crippen LogP contribution in [0.3, 0.4) is 0 Å². The summed E-state index contributed by atoms with van der Waals surface area (Å²) in [5, 5.41) is 0. The molecule has 4 aromatic carbocycles. The molecule has 0 unspecified atom stereocenters. The van der Waals surface area contributed by atoms with E-state index in [4.69, 9.17) is 0 Å². The number of hydrogen-bond acceptors (Lipinski definition) is 6. The zero-order valence-electron chi connectivity index (χ0n) is 19.8. The summed E-state index contributed by atoms with van der Waals surface area (Å²) in [4.78, 5) is 70.6. The van der Waals surface area contributed by atoms with Crippen molar-refractivity contribution in [2.45, 2.75) is 19.6 Å². The van der Waals surface area contributed by atoms with Gasteiger partial charge >= 0.3 is 58.4 Å². The van der Waals surface area contributed by atoms with Gasteiger partial charge in [-0.15, -0.1) is 0 Å². The fourth-order valence-corrected chi connectivity index (χ4v) is 10.8. The third kappa shape index (κ3) is 11.6. The van der Waals surface area contributed by atoms with Crippen molar-refractivity contribution in [1.82, 2.24) is 0 Å². The van der Waals surface area contributed by atoms with Crippen LogP contribution in [0.4, 0.5) is 0 Å². The minimum atomic E-state index is -4.69. The molecule has 0 aliphatic carbocycles. The Labute approximate surface area is 260 Å². The molecule has 4 aromatic rings. The van der Waals surface area contributed by atoms with Gasteiger partial charge in [-0.05, 0) is 48.5 Å². The molecule has 37 heavy (non-hydrogen) atoms. The monoisotopic (exact) mass is 722 g/mol. The van der Waals surface area contributed by atoms with Crippen LogP contribution in [-0.4, -0.2) is 0 Å². The van der Waals surface area contributed by atoms with Crippen LogP contribution in [0.1, 0.15) is 0 Å². The average molecular weight is 727 g/mol. The van der Waals surface area contributed by atoms with Gasteiger partial charge in [-0.25, -0.2) is 0 Å². The Morgan fingerprint density at radius 3 is 0.622 bits per heavy atom. The van der Waals surface area contributed by atoms with Crippen LogP contribution in [0.25, 0.3) is 0 Å². The summed E-state index contributed by atoms with van der Waals surface area (Å²) in [7, 11) is -2.85. The van der Waals surface area contributed by atoms with Gasteiger partial charge in [-0.2, -0.15) is 20.1 Å². The quantitative estimate of drug-likeness (QED) is 0.227. The van der Waals surface area contributed by atoms with Crippen LogP contribution in [0.5, 0.6) is 0 Å². The van der Waals surface area contributed by atoms with Crippen LogP contribution in [0.15, 0.2) is 141 Å². The van der Waals surface area contributed by atoms with Gasteiger partial charge in [0.15, 0.2) is 0 Å². The fraction of sp³-hybridized carbons (Fsp3) is 0. The topological polar surface area (TPSA) is 138 Å². The van der Waals surface area contributed by atoms with Crippen molar-refractivity contribution in [3.05, 3.63) is 121 Å². The molecule has 180 valence electrons. The van der Waals surface area contributed by atoms with Gasteiger partial charge in [0.1, 0.15) is 0 Å². The van der Waals surface area contributed by atoms with Crippen molar-refractivity contribution in [2.75, 3.05) is 0 Å². The van der Waals surface area contributed by atoms with E-state index >= 15 is 0 Å². The molecular weight excluding hydrogens is 707 g/mol. The number of benzene rings is 4. The van der Waals surface area contributed by atoms with E-state index in [0.717, 1.165) is 0 Å². The minimum absolute atomic E-state index is 0. The van der Waals surface area contributed by atoms with E-state index in [1.807, 2.05) is 0 Å². The third-order valence-electron chi connectivity index (χ3n) is 4.31. The molecule has 0 saturated carbocycles. The molecule has 0 N–H and O–H groups in total. The first-order chi connectivity index (χ1) is 16.2. The molecule has 0 spiro atoms. The van der Waals surface area contributed by atoms with E-state index in [9.17, 15) is 29.4 Å². The van der Waals surface area contributed by atoms with Gasteiger partial charge in [-0.1, -0.05) is 72.8 Å². The second kappa shape index (κ2) is 17.7. The summed E-state index contributed by atoms with van der Waals surface area (Å²) in [5.74, 6) is 0. The normalized spacial score (nSPS) is 10.8. The Kier molecular flexibility index (Phi) is 17.7. The van der Waals surface area contributed by atoms with Gasteiger partial charge in [0.25, 0.3) is 0 Å². The maximum atomic E-state index is 11.4. The van der Waals surface area contributed by atoms with E-state index in [-0.39, 0.29) is 58.4 Å². The maximum Gasteiger partial charge on any atom is 2.00 e. The van der Waals surface area contributed by atoms with E-state index in [0.29, 0.717) is 19.6 Å². The van der Waals surface area contributed by atoms with Crippen LogP contribution in [0, 0.1) is 0 Å². The summed E-state index contributed by atoms with van der Waals surface area (Å²) < 4.78 is 0. The van der Waals surface area contributed by atoms with Crippen molar-refractivity contribution >= 4 is 33.6 Å². The number of rotatable bonds is 4. The molecule has 0 aliphatic rings. The van der Waals surface area contributed by atoms with E-state index in [1.54, 1.807) is 121 Å². The van der Waals surface area contributed by atoms with Crippen LogP contribution >= 0.6 is 13.4 Å². The molecule has 13 heteroatoms. The Hall–Kier alpha value is 0.0701. The summed E-state index contributed by atoms with van der Waals surface area (Å²) >= 11 is 0. The molecular formula is C24H20O6P2S2Zn3. The van der Waals surface area contributed by atoms with E-state index in [1.165, 1.54) is 0 Å². The Bertz CT molecular complexity index is 1120. The van der Waals surface area contributed by atoms with Gasteiger partial charge in [-0.3, -0.25) is 0 Å². The molecule has 0 radical (unpaired) electrons. The Morgan fingerprint density at radius 1 is 0.324 bits per heavy atom. The molecule has 0 amide bonds.